The van der Waals surface area contributed by atoms with Crippen LogP contribution in [-0.4, -0.2) is 26.9 Å². The fourth-order valence-electron chi connectivity index (χ4n) is 0.760. The minimum atomic E-state index is -4.51. The van der Waals surface area contributed by atoms with Gasteiger partial charge in [0.15, 0.2) is 0 Å². The molecule has 1 unspecified atom stereocenters. The van der Waals surface area contributed by atoms with Gasteiger partial charge in [-0.25, -0.2) is 0 Å². The van der Waals surface area contributed by atoms with Crippen LogP contribution in [0.25, 0.3) is 0 Å². The molecule has 84 valence electrons. The molecule has 0 rings (SSSR count). The molecule has 0 saturated heterocycles. The molecule has 1 atom stereocenters. The fourth-order valence-corrected chi connectivity index (χ4v) is 1.06. The van der Waals surface area contributed by atoms with E-state index in [9.17, 15) is 16.8 Å². The Labute approximate surface area is 81.6 Å². The average molecular weight is 230 g/mol. The molecular weight excluding hydrogens is 218 g/mol. The quantitative estimate of drug-likeness (QED) is 0.491. The molecule has 0 aromatic rings. The van der Waals surface area contributed by atoms with Crippen molar-refractivity contribution < 1.29 is 26.5 Å². The normalized spacial score (nSPS) is 13.6. The van der Waals surface area contributed by atoms with Crippen molar-refractivity contribution in [3.63, 3.8) is 0 Å². The highest BCUT2D eigenvalue weighted by atomic mass is 32.3. The molecule has 0 fully saturated rings. The van der Waals surface area contributed by atoms with Crippen molar-refractivity contribution in [3.05, 3.63) is 12.3 Å². The summed E-state index contributed by atoms with van der Waals surface area (Å²) in [6.07, 6.45) is -0.386. The van der Waals surface area contributed by atoms with Crippen molar-refractivity contribution in [1.29, 1.82) is 0 Å². The van der Waals surface area contributed by atoms with Crippen LogP contribution in [0.15, 0.2) is 12.3 Å². The van der Waals surface area contributed by atoms with Crippen LogP contribution >= 0.6 is 0 Å². The van der Waals surface area contributed by atoms with Crippen LogP contribution in [-0.2, 0) is 19.9 Å². The third-order valence-electron chi connectivity index (χ3n) is 1.35. The number of hydrogen-bond donors (Lipinski definition) is 0. The van der Waals surface area contributed by atoms with Crippen molar-refractivity contribution in [3.8, 4) is 0 Å². The van der Waals surface area contributed by atoms with E-state index in [0.29, 0.717) is 0 Å². The Morgan fingerprint density at radius 2 is 2.14 bits per heavy atom. The summed E-state index contributed by atoms with van der Waals surface area (Å²) in [6.45, 7) is 4.49. The summed E-state index contributed by atoms with van der Waals surface area (Å²) in [6, 6.07) is 0. The van der Waals surface area contributed by atoms with Gasteiger partial charge in [-0.3, -0.25) is 4.94 Å². The van der Waals surface area contributed by atoms with Gasteiger partial charge in [0.2, 0.25) is 0 Å². The van der Waals surface area contributed by atoms with Crippen LogP contribution in [0.1, 0.15) is 13.3 Å². The molecule has 4 nitrogen and oxygen atoms in total. The van der Waals surface area contributed by atoms with Gasteiger partial charge in [-0.1, -0.05) is 6.58 Å². The minimum absolute atomic E-state index is 0.0861. The van der Waals surface area contributed by atoms with E-state index in [1.54, 1.807) is 6.92 Å². The van der Waals surface area contributed by atoms with Crippen LogP contribution in [0.5, 0.6) is 0 Å². The second-order valence-corrected chi connectivity index (χ2v) is 4.23. The Bertz CT molecular complexity index is 275. The van der Waals surface area contributed by atoms with E-state index in [2.05, 4.69) is 11.5 Å². The van der Waals surface area contributed by atoms with Gasteiger partial charge in [0.1, 0.15) is 11.5 Å². The molecule has 7 heteroatoms. The van der Waals surface area contributed by atoms with E-state index >= 15 is 0 Å². The number of hydrogen-bond acceptors (Lipinski definition) is 4. The van der Waals surface area contributed by atoms with Gasteiger partial charge in [0, 0.05) is 10.9 Å². The van der Waals surface area contributed by atoms with E-state index in [4.69, 9.17) is 4.74 Å². The van der Waals surface area contributed by atoms with Crippen LogP contribution in [0.2, 0.25) is 0 Å². The first-order valence-electron chi connectivity index (χ1n) is 3.85. The maximum absolute atomic E-state index is 12.0. The average Bonchev–Trinajstić information content (AvgIpc) is 2.01. The number of rotatable bonds is 7. The smallest absolute Gasteiger partial charge is 0.304 e. The molecule has 0 saturated carbocycles. The number of halogens is 2. The molecule has 0 aromatic heterocycles. The molecule has 0 N–H and O–H groups in total. The summed E-state index contributed by atoms with van der Waals surface area (Å²) in [7, 11) is -4.51. The standard InChI is InChI=1S/C7H12F2O4S/c1-6(5-7(2)13-8)12-3-4-14(9,10)11/h6H,2-5H2,1H3. The summed E-state index contributed by atoms with van der Waals surface area (Å²) in [4.78, 5) is 3.30. The molecule has 14 heavy (non-hydrogen) atoms. The van der Waals surface area contributed by atoms with Gasteiger partial charge in [-0.2, -0.15) is 8.42 Å². The van der Waals surface area contributed by atoms with Crippen LogP contribution in [0.4, 0.5) is 8.41 Å². The van der Waals surface area contributed by atoms with E-state index in [0.717, 1.165) is 0 Å². The van der Waals surface area contributed by atoms with Gasteiger partial charge in [-0.15, -0.1) is 3.89 Å². The van der Waals surface area contributed by atoms with Crippen molar-refractivity contribution in [2.45, 2.75) is 19.4 Å². The van der Waals surface area contributed by atoms with Gasteiger partial charge in [-0.05, 0) is 6.92 Å². The predicted molar refractivity (Wildman–Crippen MR) is 46.3 cm³/mol. The largest absolute Gasteiger partial charge is 0.377 e. The molecule has 0 aliphatic carbocycles. The highest BCUT2D eigenvalue weighted by Crippen LogP contribution is 2.08. The molecule has 0 aliphatic heterocycles. The summed E-state index contributed by atoms with van der Waals surface area (Å²) in [5, 5.41) is 0. The Balaban J connectivity index is 3.65. The van der Waals surface area contributed by atoms with Crippen LogP contribution in [0, 0.1) is 0 Å². The summed E-state index contributed by atoms with van der Waals surface area (Å²) >= 11 is 0. The molecular formula is C7H12F2O4S. The summed E-state index contributed by atoms with van der Waals surface area (Å²) in [5.74, 6) is -0.832. The molecule has 0 aliphatic rings. The zero-order chi connectivity index (χ0) is 11.2. The second-order valence-electron chi connectivity index (χ2n) is 2.74. The van der Waals surface area contributed by atoms with E-state index < -0.39 is 22.1 Å². The lowest BCUT2D eigenvalue weighted by Crippen LogP contribution is -2.15. The zero-order valence-corrected chi connectivity index (χ0v) is 8.52. The maximum Gasteiger partial charge on any atom is 0.304 e. The summed E-state index contributed by atoms with van der Waals surface area (Å²) in [5.41, 5.74) is 0. The van der Waals surface area contributed by atoms with Gasteiger partial charge in [0.05, 0.1) is 12.7 Å². The molecule has 0 aromatic carbocycles. The lowest BCUT2D eigenvalue weighted by atomic mass is 10.2. The van der Waals surface area contributed by atoms with Crippen LogP contribution < -0.4 is 0 Å². The van der Waals surface area contributed by atoms with Gasteiger partial charge < -0.3 is 4.74 Å². The van der Waals surface area contributed by atoms with E-state index in [1.807, 2.05) is 0 Å². The van der Waals surface area contributed by atoms with E-state index in [1.165, 1.54) is 0 Å². The molecule has 0 spiro atoms. The molecule has 0 amide bonds. The lowest BCUT2D eigenvalue weighted by Gasteiger charge is -2.11. The van der Waals surface area contributed by atoms with Crippen LogP contribution in [0.3, 0.4) is 0 Å². The third-order valence-corrected chi connectivity index (χ3v) is 2.01. The summed E-state index contributed by atoms with van der Waals surface area (Å²) < 4.78 is 48.4. The van der Waals surface area contributed by atoms with Crippen molar-refractivity contribution in [1.82, 2.24) is 0 Å². The molecule has 0 bridgehead atoms. The second kappa shape index (κ2) is 5.92. The Kier molecular flexibility index (Phi) is 5.63. The molecule has 0 heterocycles. The highest BCUT2D eigenvalue weighted by Gasteiger charge is 2.10. The predicted octanol–water partition coefficient (Wildman–Crippen LogP) is 1.50. The highest BCUT2D eigenvalue weighted by molar-refractivity contribution is 7.86. The first-order valence-corrected chi connectivity index (χ1v) is 5.40. The number of ether oxygens (including phenoxy) is 1. The lowest BCUT2D eigenvalue weighted by molar-refractivity contribution is -0.0931. The monoisotopic (exact) mass is 230 g/mol. The SMILES string of the molecule is C=C(CC(C)OCCS(=O)(=O)F)OF. The Hall–Kier alpha value is -0.690. The Morgan fingerprint density at radius 3 is 2.57 bits per heavy atom. The fraction of sp³-hybridized carbons (Fsp3) is 0.714. The van der Waals surface area contributed by atoms with Crippen molar-refractivity contribution in [2.24, 2.45) is 0 Å². The minimum Gasteiger partial charge on any atom is -0.377 e. The Morgan fingerprint density at radius 1 is 1.57 bits per heavy atom. The van der Waals surface area contributed by atoms with Gasteiger partial charge in [0.25, 0.3) is 0 Å². The van der Waals surface area contributed by atoms with Crippen molar-refractivity contribution >= 4 is 10.2 Å². The molecule has 0 radical (unpaired) electrons. The maximum atomic E-state index is 12.0. The van der Waals surface area contributed by atoms with Gasteiger partial charge >= 0.3 is 10.2 Å². The topological polar surface area (TPSA) is 52.6 Å². The van der Waals surface area contributed by atoms with Crippen molar-refractivity contribution in [2.75, 3.05) is 12.4 Å². The van der Waals surface area contributed by atoms with E-state index in [-0.39, 0.29) is 18.8 Å². The first-order chi connectivity index (χ1) is 6.35. The zero-order valence-electron chi connectivity index (χ0n) is 7.70. The first kappa shape index (κ1) is 13.3. The third kappa shape index (κ3) is 7.93.